The number of aliphatic hydroxyl groups excluding tert-OH is 1. The minimum absolute atomic E-state index is 0.171. The average molecular weight is 276 g/mol. The Morgan fingerprint density at radius 2 is 1.95 bits per heavy atom. The Kier molecular flexibility index (Phi) is 4.93. The first kappa shape index (κ1) is 14.8. The van der Waals surface area contributed by atoms with E-state index >= 15 is 0 Å². The maximum absolute atomic E-state index is 12.8. The van der Waals surface area contributed by atoms with Crippen molar-refractivity contribution < 1.29 is 9.50 Å². The molecule has 0 aliphatic rings. The first-order valence-corrected chi connectivity index (χ1v) is 6.83. The molecule has 1 aromatic heterocycles. The third-order valence-electron chi connectivity index (χ3n) is 3.51. The zero-order chi connectivity index (χ0) is 14.5. The Labute approximate surface area is 119 Å². The van der Waals surface area contributed by atoms with Crippen molar-refractivity contribution in [3.05, 3.63) is 59.7 Å². The lowest BCUT2D eigenvalue weighted by Gasteiger charge is -2.18. The lowest BCUT2D eigenvalue weighted by atomic mass is 10.0. The van der Waals surface area contributed by atoms with Crippen molar-refractivity contribution in [1.29, 1.82) is 0 Å². The van der Waals surface area contributed by atoms with Gasteiger partial charge in [0.1, 0.15) is 5.82 Å². The molecule has 108 valence electrons. The number of aromatic nitrogens is 1. The van der Waals surface area contributed by atoms with Crippen molar-refractivity contribution in [2.75, 3.05) is 0 Å². The maximum Gasteiger partial charge on any atom is 0.123 e. The third-order valence-corrected chi connectivity index (χ3v) is 3.51. The van der Waals surface area contributed by atoms with Crippen LogP contribution in [0.15, 0.2) is 42.6 Å². The van der Waals surface area contributed by atoms with Crippen molar-refractivity contribution in [2.45, 2.75) is 32.0 Å². The fourth-order valence-corrected chi connectivity index (χ4v) is 2.20. The molecule has 2 atom stereocenters. The Bertz CT molecular complexity index is 536. The second-order valence-corrected chi connectivity index (χ2v) is 5.20. The molecule has 0 amide bonds. The lowest BCUT2D eigenvalue weighted by Crippen LogP contribution is -2.28. The molecule has 2 N–H and O–H groups in total. The zero-order valence-corrected chi connectivity index (χ0v) is 11.9. The summed E-state index contributed by atoms with van der Waals surface area (Å²) in [6.45, 7) is 2.80. The van der Waals surface area contributed by atoms with Gasteiger partial charge in [-0.3, -0.25) is 0 Å². The second-order valence-electron chi connectivity index (χ2n) is 5.20. The number of nitrogens with zero attached hydrogens (tertiary/aromatic N) is 1. The van der Waals surface area contributed by atoms with E-state index in [1.54, 1.807) is 12.1 Å². The third kappa shape index (κ3) is 3.92. The molecular formula is C16H21FN2O. The molecule has 20 heavy (non-hydrogen) atoms. The molecular weight excluding hydrogens is 255 g/mol. The summed E-state index contributed by atoms with van der Waals surface area (Å²) in [7, 11) is 2.01. The van der Waals surface area contributed by atoms with E-state index in [1.165, 1.54) is 17.8 Å². The van der Waals surface area contributed by atoms with Crippen LogP contribution in [0, 0.1) is 5.82 Å². The van der Waals surface area contributed by atoms with Gasteiger partial charge < -0.3 is 15.0 Å². The number of nitrogens with one attached hydrogen (secondary N) is 1. The molecule has 0 bridgehead atoms. The van der Waals surface area contributed by atoms with Gasteiger partial charge in [0.2, 0.25) is 0 Å². The van der Waals surface area contributed by atoms with Gasteiger partial charge in [0.05, 0.1) is 6.10 Å². The van der Waals surface area contributed by atoms with Crippen molar-refractivity contribution in [3.8, 4) is 0 Å². The van der Waals surface area contributed by atoms with E-state index in [2.05, 4.69) is 16.0 Å². The predicted molar refractivity (Wildman–Crippen MR) is 77.7 cm³/mol. The van der Waals surface area contributed by atoms with Crippen molar-refractivity contribution >= 4 is 0 Å². The molecule has 0 radical (unpaired) electrons. The number of halogens is 1. The summed E-state index contributed by atoms with van der Waals surface area (Å²) in [4.78, 5) is 0. The van der Waals surface area contributed by atoms with Crippen LogP contribution in [0.5, 0.6) is 0 Å². The second kappa shape index (κ2) is 6.68. The summed E-state index contributed by atoms with van der Waals surface area (Å²) in [6.07, 6.45) is 2.02. The van der Waals surface area contributed by atoms with Gasteiger partial charge in [-0.1, -0.05) is 12.1 Å². The zero-order valence-electron chi connectivity index (χ0n) is 11.9. The van der Waals surface area contributed by atoms with Gasteiger partial charge in [-0.15, -0.1) is 0 Å². The van der Waals surface area contributed by atoms with Crippen LogP contribution in [0.1, 0.15) is 30.7 Å². The minimum Gasteiger partial charge on any atom is -0.388 e. The lowest BCUT2D eigenvalue weighted by molar-refractivity contribution is 0.153. The molecule has 0 aliphatic carbocycles. The van der Waals surface area contributed by atoms with E-state index in [0.717, 1.165) is 12.1 Å². The van der Waals surface area contributed by atoms with Crippen LogP contribution in [0.25, 0.3) is 0 Å². The summed E-state index contributed by atoms with van der Waals surface area (Å²) >= 11 is 0. The number of aryl methyl sites for hydroxylation is 1. The quantitative estimate of drug-likeness (QED) is 0.851. The number of benzene rings is 1. The molecule has 4 heteroatoms. The van der Waals surface area contributed by atoms with E-state index in [1.807, 2.05) is 26.2 Å². The predicted octanol–water partition coefficient (Wildman–Crippen LogP) is 2.77. The van der Waals surface area contributed by atoms with Gasteiger partial charge >= 0.3 is 0 Å². The molecule has 0 unspecified atom stereocenters. The van der Waals surface area contributed by atoms with E-state index in [-0.39, 0.29) is 11.9 Å². The normalized spacial score (nSPS) is 14.2. The molecule has 0 saturated heterocycles. The fourth-order valence-electron chi connectivity index (χ4n) is 2.20. The highest BCUT2D eigenvalue weighted by Gasteiger charge is 2.12. The van der Waals surface area contributed by atoms with Crippen LogP contribution >= 0.6 is 0 Å². The largest absolute Gasteiger partial charge is 0.388 e. The molecule has 0 fully saturated rings. The molecule has 1 aromatic carbocycles. The minimum atomic E-state index is -0.577. The highest BCUT2D eigenvalue weighted by atomic mass is 19.1. The van der Waals surface area contributed by atoms with E-state index in [0.29, 0.717) is 6.42 Å². The van der Waals surface area contributed by atoms with Crippen LogP contribution < -0.4 is 5.32 Å². The summed E-state index contributed by atoms with van der Waals surface area (Å²) in [5.74, 6) is -0.282. The topological polar surface area (TPSA) is 37.2 Å². The Hall–Kier alpha value is -1.65. The maximum atomic E-state index is 12.8. The molecule has 2 rings (SSSR count). The van der Waals surface area contributed by atoms with Gasteiger partial charge in [-0.2, -0.15) is 0 Å². The Morgan fingerprint density at radius 1 is 1.25 bits per heavy atom. The SMILES string of the molecule is C[C@@H](C[C@@H](O)c1ccc(F)cc1)NCc1cccn1C. The summed E-state index contributed by atoms with van der Waals surface area (Å²) in [6, 6.07) is 10.3. The highest BCUT2D eigenvalue weighted by Crippen LogP contribution is 2.18. The van der Waals surface area contributed by atoms with Crippen LogP contribution in [0.3, 0.4) is 0 Å². The molecule has 0 aliphatic heterocycles. The molecule has 3 nitrogen and oxygen atoms in total. The first-order valence-electron chi connectivity index (χ1n) is 6.83. The van der Waals surface area contributed by atoms with Gasteiger partial charge in [-0.05, 0) is 43.2 Å². The van der Waals surface area contributed by atoms with Crippen LogP contribution in [0.4, 0.5) is 4.39 Å². The summed E-state index contributed by atoms with van der Waals surface area (Å²) in [5.41, 5.74) is 1.95. The van der Waals surface area contributed by atoms with Crippen molar-refractivity contribution in [1.82, 2.24) is 9.88 Å². The molecule has 2 aromatic rings. The Morgan fingerprint density at radius 3 is 2.55 bits per heavy atom. The van der Waals surface area contributed by atoms with Crippen LogP contribution in [-0.2, 0) is 13.6 Å². The number of hydrogen-bond acceptors (Lipinski definition) is 2. The number of aliphatic hydroxyl groups is 1. The van der Waals surface area contributed by atoms with Gasteiger partial charge in [0, 0.05) is 31.5 Å². The fraction of sp³-hybridized carbons (Fsp3) is 0.375. The molecule has 1 heterocycles. The van der Waals surface area contributed by atoms with Gasteiger partial charge in [-0.25, -0.2) is 4.39 Å². The van der Waals surface area contributed by atoms with Crippen LogP contribution in [0.2, 0.25) is 0 Å². The number of rotatable bonds is 6. The molecule has 0 saturated carbocycles. The smallest absolute Gasteiger partial charge is 0.123 e. The van der Waals surface area contributed by atoms with E-state index in [4.69, 9.17) is 0 Å². The van der Waals surface area contributed by atoms with Crippen molar-refractivity contribution in [2.24, 2.45) is 7.05 Å². The molecule has 0 spiro atoms. The van der Waals surface area contributed by atoms with Gasteiger partial charge in [0.25, 0.3) is 0 Å². The monoisotopic (exact) mass is 276 g/mol. The highest BCUT2D eigenvalue weighted by molar-refractivity contribution is 5.18. The van der Waals surface area contributed by atoms with Crippen LogP contribution in [-0.4, -0.2) is 15.7 Å². The van der Waals surface area contributed by atoms with E-state index in [9.17, 15) is 9.50 Å². The Balaban J connectivity index is 1.83. The first-order chi connectivity index (χ1) is 9.56. The standard InChI is InChI=1S/C16H21FN2O/c1-12(18-11-15-4-3-9-19(15)2)10-16(20)13-5-7-14(17)8-6-13/h3-9,12,16,18,20H,10-11H2,1-2H3/t12-,16+/m0/s1. The summed E-state index contributed by atoms with van der Waals surface area (Å²) in [5, 5.41) is 13.5. The van der Waals surface area contributed by atoms with Gasteiger partial charge in [0.15, 0.2) is 0 Å². The average Bonchev–Trinajstić information content (AvgIpc) is 2.82. The summed E-state index contributed by atoms with van der Waals surface area (Å²) < 4.78 is 14.9. The van der Waals surface area contributed by atoms with Crippen molar-refractivity contribution in [3.63, 3.8) is 0 Å². The van der Waals surface area contributed by atoms with E-state index < -0.39 is 6.10 Å². The number of hydrogen-bond donors (Lipinski definition) is 2.